The molecule has 160 valence electrons. The Morgan fingerprint density at radius 3 is 2.71 bits per heavy atom. The van der Waals surface area contributed by atoms with Gasteiger partial charge in [0, 0.05) is 23.0 Å². The lowest BCUT2D eigenvalue weighted by molar-refractivity contribution is -0.115. The molecule has 2 heterocycles. The Kier molecular flexibility index (Phi) is 7.05. The van der Waals surface area contributed by atoms with E-state index in [-0.39, 0.29) is 11.2 Å². The van der Waals surface area contributed by atoms with E-state index in [1.165, 1.54) is 35.9 Å². The molecule has 6 nitrogen and oxygen atoms in total. The Labute approximate surface area is 190 Å². The van der Waals surface area contributed by atoms with E-state index in [0.717, 1.165) is 30.2 Å². The maximum Gasteiger partial charge on any atom is 0.237 e. The molecule has 0 spiro atoms. The SMILES string of the molecule is CC(Sc1nnc(Cc2cccs2)n1C1CCCCC1)C(=O)Nc1ccc(C#N)cc1. The van der Waals surface area contributed by atoms with Crippen molar-refractivity contribution in [2.24, 2.45) is 0 Å². The van der Waals surface area contributed by atoms with Gasteiger partial charge in [-0.25, -0.2) is 0 Å². The number of nitrogens with zero attached hydrogens (tertiary/aromatic N) is 4. The van der Waals surface area contributed by atoms with Gasteiger partial charge < -0.3 is 9.88 Å². The second-order valence-electron chi connectivity index (χ2n) is 7.76. The average Bonchev–Trinajstić information content (AvgIpc) is 3.45. The minimum Gasteiger partial charge on any atom is -0.325 e. The summed E-state index contributed by atoms with van der Waals surface area (Å²) in [6, 6.07) is 13.6. The number of nitriles is 1. The van der Waals surface area contributed by atoms with Crippen LogP contribution in [0.15, 0.2) is 46.9 Å². The quantitative estimate of drug-likeness (QED) is 0.485. The number of aromatic nitrogens is 3. The third-order valence-corrected chi connectivity index (χ3v) is 7.45. The zero-order chi connectivity index (χ0) is 21.6. The second-order valence-corrected chi connectivity index (χ2v) is 10.1. The van der Waals surface area contributed by atoms with Crippen molar-refractivity contribution in [1.29, 1.82) is 5.26 Å². The number of nitrogens with one attached hydrogen (secondary N) is 1. The minimum absolute atomic E-state index is 0.0901. The molecule has 3 aromatic rings. The summed E-state index contributed by atoms with van der Waals surface area (Å²) in [6.45, 7) is 1.89. The first-order valence-corrected chi connectivity index (χ1v) is 12.3. The maximum absolute atomic E-state index is 12.8. The summed E-state index contributed by atoms with van der Waals surface area (Å²) in [7, 11) is 0. The van der Waals surface area contributed by atoms with Crippen LogP contribution in [0, 0.1) is 11.3 Å². The van der Waals surface area contributed by atoms with E-state index in [4.69, 9.17) is 5.26 Å². The second kappa shape index (κ2) is 10.1. The molecule has 1 aliphatic rings. The standard InChI is InChI=1S/C23H25N5OS2/c1-16(22(29)25-18-11-9-17(15-24)10-12-18)31-23-27-26-21(14-20-8-5-13-30-20)28(23)19-6-3-2-4-7-19/h5,8-13,16,19H,2-4,6-7,14H2,1H3,(H,25,29). The first-order chi connectivity index (χ1) is 15.1. The van der Waals surface area contributed by atoms with Gasteiger partial charge >= 0.3 is 0 Å². The Bertz CT molecular complexity index is 1050. The van der Waals surface area contributed by atoms with Gasteiger partial charge in [0.15, 0.2) is 5.16 Å². The smallest absolute Gasteiger partial charge is 0.237 e. The molecule has 1 unspecified atom stereocenters. The molecule has 1 aromatic carbocycles. The molecule has 1 amide bonds. The van der Waals surface area contributed by atoms with Gasteiger partial charge in [0.25, 0.3) is 0 Å². The number of hydrogen-bond acceptors (Lipinski definition) is 6. The summed E-state index contributed by atoms with van der Waals surface area (Å²) >= 11 is 3.19. The molecular weight excluding hydrogens is 426 g/mol. The zero-order valence-electron chi connectivity index (χ0n) is 17.5. The molecule has 1 N–H and O–H groups in total. The number of carbonyl (C=O) groups is 1. The maximum atomic E-state index is 12.8. The van der Waals surface area contributed by atoms with Crippen LogP contribution in [-0.4, -0.2) is 25.9 Å². The van der Waals surface area contributed by atoms with Gasteiger partial charge in [-0.2, -0.15) is 5.26 Å². The predicted octanol–water partition coefficient (Wildman–Crippen LogP) is 5.43. The number of thiophene rings is 1. The fourth-order valence-electron chi connectivity index (χ4n) is 3.87. The van der Waals surface area contributed by atoms with E-state index in [2.05, 4.69) is 43.7 Å². The van der Waals surface area contributed by atoms with Crippen LogP contribution in [0.2, 0.25) is 0 Å². The summed E-state index contributed by atoms with van der Waals surface area (Å²) in [6.07, 6.45) is 6.77. The van der Waals surface area contributed by atoms with Crippen LogP contribution in [0.25, 0.3) is 0 Å². The third kappa shape index (κ3) is 5.35. The predicted molar refractivity (Wildman–Crippen MR) is 124 cm³/mol. The number of carbonyl (C=O) groups excluding carboxylic acids is 1. The highest BCUT2D eigenvalue weighted by Crippen LogP contribution is 2.34. The first kappa shape index (κ1) is 21.6. The largest absolute Gasteiger partial charge is 0.325 e. The molecule has 4 rings (SSSR count). The summed E-state index contributed by atoms with van der Waals surface area (Å²) in [4.78, 5) is 14.0. The van der Waals surface area contributed by atoms with Crippen LogP contribution in [0.3, 0.4) is 0 Å². The Morgan fingerprint density at radius 2 is 2.03 bits per heavy atom. The monoisotopic (exact) mass is 451 g/mol. The van der Waals surface area contributed by atoms with Crippen molar-refractivity contribution >= 4 is 34.7 Å². The van der Waals surface area contributed by atoms with Gasteiger partial charge in [-0.05, 0) is 55.5 Å². The summed E-state index contributed by atoms with van der Waals surface area (Å²) < 4.78 is 2.29. The van der Waals surface area contributed by atoms with Gasteiger partial charge in [0.2, 0.25) is 5.91 Å². The van der Waals surface area contributed by atoms with Crippen molar-refractivity contribution in [3.8, 4) is 6.07 Å². The first-order valence-electron chi connectivity index (χ1n) is 10.6. The average molecular weight is 452 g/mol. The zero-order valence-corrected chi connectivity index (χ0v) is 19.1. The minimum atomic E-state index is -0.322. The molecular formula is C23H25N5OS2. The summed E-state index contributed by atoms with van der Waals surface area (Å²) in [5, 5.41) is 23.4. The molecule has 0 bridgehead atoms. The van der Waals surface area contributed by atoms with Crippen molar-refractivity contribution in [2.75, 3.05) is 5.32 Å². The number of rotatable bonds is 7. The highest BCUT2D eigenvalue weighted by Gasteiger charge is 2.26. The van der Waals surface area contributed by atoms with Crippen LogP contribution >= 0.6 is 23.1 Å². The lowest BCUT2D eigenvalue weighted by atomic mass is 9.95. The van der Waals surface area contributed by atoms with Crippen LogP contribution < -0.4 is 5.32 Å². The number of amides is 1. The van der Waals surface area contributed by atoms with Crippen molar-refractivity contribution in [1.82, 2.24) is 14.8 Å². The molecule has 1 aliphatic carbocycles. The van der Waals surface area contributed by atoms with Gasteiger partial charge in [-0.15, -0.1) is 21.5 Å². The number of benzene rings is 1. The highest BCUT2D eigenvalue weighted by atomic mass is 32.2. The van der Waals surface area contributed by atoms with Gasteiger partial charge in [-0.1, -0.05) is 37.1 Å². The normalized spacial score (nSPS) is 15.4. The fraction of sp³-hybridized carbons (Fsp3) is 0.391. The Morgan fingerprint density at radius 1 is 1.26 bits per heavy atom. The van der Waals surface area contributed by atoms with Gasteiger partial charge in [-0.3, -0.25) is 4.79 Å². The van der Waals surface area contributed by atoms with E-state index < -0.39 is 0 Å². The fourth-order valence-corrected chi connectivity index (χ4v) is 5.51. The number of thioether (sulfide) groups is 1. The summed E-state index contributed by atoms with van der Waals surface area (Å²) in [5.41, 5.74) is 1.25. The van der Waals surface area contributed by atoms with Crippen molar-refractivity contribution in [3.63, 3.8) is 0 Å². The van der Waals surface area contributed by atoms with Crippen LogP contribution in [-0.2, 0) is 11.2 Å². The van der Waals surface area contributed by atoms with Crippen molar-refractivity contribution in [3.05, 3.63) is 58.0 Å². The van der Waals surface area contributed by atoms with E-state index in [9.17, 15) is 4.79 Å². The molecule has 0 radical (unpaired) electrons. The lowest BCUT2D eigenvalue weighted by Crippen LogP contribution is -2.24. The number of hydrogen-bond donors (Lipinski definition) is 1. The van der Waals surface area contributed by atoms with E-state index in [1.54, 1.807) is 35.6 Å². The molecule has 2 aromatic heterocycles. The van der Waals surface area contributed by atoms with E-state index in [0.29, 0.717) is 17.3 Å². The molecule has 31 heavy (non-hydrogen) atoms. The molecule has 1 saturated carbocycles. The number of anilines is 1. The Balaban J connectivity index is 1.50. The van der Waals surface area contributed by atoms with Gasteiger partial charge in [0.05, 0.1) is 16.9 Å². The molecule has 0 saturated heterocycles. The van der Waals surface area contributed by atoms with Crippen molar-refractivity contribution < 1.29 is 4.79 Å². The van der Waals surface area contributed by atoms with Crippen LogP contribution in [0.5, 0.6) is 0 Å². The van der Waals surface area contributed by atoms with Gasteiger partial charge in [0.1, 0.15) is 5.82 Å². The molecule has 1 fully saturated rings. The summed E-state index contributed by atoms with van der Waals surface area (Å²) in [5.74, 6) is 0.893. The molecule has 0 aliphatic heterocycles. The van der Waals surface area contributed by atoms with Crippen molar-refractivity contribution in [2.45, 2.75) is 61.9 Å². The molecule has 8 heteroatoms. The van der Waals surface area contributed by atoms with Crippen LogP contribution in [0.1, 0.15) is 61.3 Å². The lowest BCUT2D eigenvalue weighted by Gasteiger charge is -2.26. The Hall–Kier alpha value is -2.63. The topological polar surface area (TPSA) is 83.6 Å². The van der Waals surface area contributed by atoms with Crippen LogP contribution in [0.4, 0.5) is 5.69 Å². The molecule has 1 atom stereocenters. The van der Waals surface area contributed by atoms with E-state index >= 15 is 0 Å². The highest BCUT2D eigenvalue weighted by molar-refractivity contribution is 8.00. The van der Waals surface area contributed by atoms with E-state index in [1.807, 2.05) is 6.92 Å². The third-order valence-electron chi connectivity index (χ3n) is 5.52.